The Balaban J connectivity index is 1.93. The van der Waals surface area contributed by atoms with Gasteiger partial charge in [-0.05, 0) is 51.1 Å². The number of carboxylic acid groups (broad SMARTS) is 1. The number of ether oxygens (including phenoxy) is 1. The number of nitrogens with zero attached hydrogens (tertiary/aromatic N) is 2. The molecular formula is C27H20ClF4N3O5. The van der Waals surface area contributed by atoms with Crippen molar-refractivity contribution in [2.75, 3.05) is 5.32 Å². The SMILES string of the molecule is CC(C)(C)OC(=O)Nc1cc2c(-c3ccc(C(=O)O)cc3F)cn(C(=O)c3c(Cl)cccc3C(F)(F)F)c2cn1. The molecule has 0 saturated carbocycles. The van der Waals surface area contributed by atoms with E-state index in [1.54, 1.807) is 20.8 Å². The van der Waals surface area contributed by atoms with Crippen LogP contribution in [0.1, 0.15) is 47.1 Å². The van der Waals surface area contributed by atoms with E-state index in [1.807, 2.05) is 0 Å². The summed E-state index contributed by atoms with van der Waals surface area (Å²) in [7, 11) is 0. The lowest BCUT2D eigenvalue weighted by molar-refractivity contribution is -0.137. The van der Waals surface area contributed by atoms with E-state index >= 15 is 4.39 Å². The lowest BCUT2D eigenvalue weighted by atomic mass is 10.0. The maximum absolute atomic E-state index is 15.1. The molecule has 0 aliphatic rings. The van der Waals surface area contributed by atoms with Gasteiger partial charge in [-0.15, -0.1) is 0 Å². The van der Waals surface area contributed by atoms with Crippen LogP contribution in [0, 0.1) is 5.82 Å². The highest BCUT2D eigenvalue weighted by molar-refractivity contribution is 6.34. The molecular weight excluding hydrogens is 558 g/mol. The van der Waals surface area contributed by atoms with Crippen LogP contribution in [0.5, 0.6) is 0 Å². The van der Waals surface area contributed by atoms with Crippen LogP contribution >= 0.6 is 11.6 Å². The molecule has 0 aliphatic heterocycles. The normalized spacial score (nSPS) is 11.9. The monoisotopic (exact) mass is 577 g/mol. The second-order valence-electron chi connectivity index (χ2n) is 9.59. The highest BCUT2D eigenvalue weighted by atomic mass is 35.5. The van der Waals surface area contributed by atoms with E-state index in [9.17, 15) is 32.7 Å². The quantitative estimate of drug-likeness (QED) is 0.247. The van der Waals surface area contributed by atoms with Gasteiger partial charge in [-0.1, -0.05) is 23.7 Å². The molecule has 0 saturated heterocycles. The lowest BCUT2D eigenvalue weighted by Gasteiger charge is -2.19. The Morgan fingerprint density at radius 1 is 1.05 bits per heavy atom. The fraction of sp³-hybridized carbons (Fsp3) is 0.185. The van der Waals surface area contributed by atoms with Crippen molar-refractivity contribution in [2.45, 2.75) is 32.5 Å². The maximum atomic E-state index is 15.1. The van der Waals surface area contributed by atoms with Crippen LogP contribution < -0.4 is 5.32 Å². The van der Waals surface area contributed by atoms with Gasteiger partial charge in [-0.3, -0.25) is 14.7 Å². The van der Waals surface area contributed by atoms with Crippen molar-refractivity contribution in [1.29, 1.82) is 0 Å². The number of anilines is 1. The summed E-state index contributed by atoms with van der Waals surface area (Å²) >= 11 is 6.04. The number of halogens is 5. The number of alkyl halides is 3. The largest absolute Gasteiger partial charge is 0.478 e. The zero-order chi connectivity index (χ0) is 29.6. The van der Waals surface area contributed by atoms with Crippen LogP contribution in [-0.4, -0.2) is 38.2 Å². The van der Waals surface area contributed by atoms with Gasteiger partial charge in [-0.25, -0.2) is 19.0 Å². The summed E-state index contributed by atoms with van der Waals surface area (Å²) in [6.45, 7) is 4.92. The molecule has 1 amide bonds. The zero-order valence-corrected chi connectivity index (χ0v) is 21.8. The Labute approximate surface area is 229 Å². The fourth-order valence-electron chi connectivity index (χ4n) is 3.95. The number of hydrogen-bond acceptors (Lipinski definition) is 5. The van der Waals surface area contributed by atoms with E-state index in [0.29, 0.717) is 6.07 Å². The minimum atomic E-state index is -4.91. The van der Waals surface area contributed by atoms with Crippen molar-refractivity contribution < 1.29 is 41.8 Å². The summed E-state index contributed by atoms with van der Waals surface area (Å²) in [5, 5.41) is 11.2. The van der Waals surface area contributed by atoms with Gasteiger partial charge in [0.05, 0.1) is 33.4 Å². The second-order valence-corrected chi connectivity index (χ2v) is 10.00. The minimum Gasteiger partial charge on any atom is -0.478 e. The van der Waals surface area contributed by atoms with Gasteiger partial charge in [0.25, 0.3) is 5.91 Å². The van der Waals surface area contributed by atoms with Crippen molar-refractivity contribution in [2.24, 2.45) is 0 Å². The van der Waals surface area contributed by atoms with E-state index in [-0.39, 0.29) is 33.4 Å². The molecule has 2 heterocycles. The van der Waals surface area contributed by atoms with E-state index in [1.165, 1.54) is 6.07 Å². The molecule has 40 heavy (non-hydrogen) atoms. The Hall–Kier alpha value is -4.45. The molecule has 208 valence electrons. The van der Waals surface area contributed by atoms with Crippen LogP contribution in [0.4, 0.5) is 28.2 Å². The van der Waals surface area contributed by atoms with Crippen LogP contribution in [0.25, 0.3) is 22.0 Å². The van der Waals surface area contributed by atoms with Gasteiger partial charge in [0.1, 0.15) is 17.2 Å². The number of rotatable bonds is 4. The number of carboxylic acids is 1. The third-order valence-electron chi connectivity index (χ3n) is 5.58. The van der Waals surface area contributed by atoms with Gasteiger partial charge in [0.15, 0.2) is 0 Å². The summed E-state index contributed by atoms with van der Waals surface area (Å²) in [6.07, 6.45) is -3.58. The van der Waals surface area contributed by atoms with Crippen LogP contribution in [0.3, 0.4) is 0 Å². The molecule has 0 unspecified atom stereocenters. The first-order chi connectivity index (χ1) is 18.6. The third kappa shape index (κ3) is 5.76. The van der Waals surface area contributed by atoms with Crippen LogP contribution in [0.15, 0.2) is 54.9 Å². The average Bonchev–Trinajstić information content (AvgIpc) is 3.20. The maximum Gasteiger partial charge on any atom is 0.417 e. The number of benzene rings is 2. The van der Waals surface area contributed by atoms with Crippen LogP contribution in [0.2, 0.25) is 5.02 Å². The smallest absolute Gasteiger partial charge is 0.417 e. The highest BCUT2D eigenvalue weighted by Gasteiger charge is 2.37. The van der Waals surface area contributed by atoms with Gasteiger partial charge in [0, 0.05) is 22.7 Å². The van der Waals surface area contributed by atoms with Crippen molar-refractivity contribution in [1.82, 2.24) is 9.55 Å². The number of nitrogens with one attached hydrogen (secondary N) is 1. The Bertz CT molecular complexity index is 1680. The molecule has 4 aromatic rings. The Kier molecular flexibility index (Phi) is 7.33. The predicted molar refractivity (Wildman–Crippen MR) is 138 cm³/mol. The molecule has 13 heteroatoms. The molecule has 2 aromatic carbocycles. The average molecular weight is 578 g/mol. The van der Waals surface area contributed by atoms with Gasteiger partial charge >= 0.3 is 18.2 Å². The molecule has 0 atom stereocenters. The second kappa shape index (κ2) is 10.3. The van der Waals surface area contributed by atoms with E-state index in [0.717, 1.165) is 47.3 Å². The summed E-state index contributed by atoms with van der Waals surface area (Å²) in [5.41, 5.74) is -3.49. The Morgan fingerprint density at radius 2 is 1.75 bits per heavy atom. The summed E-state index contributed by atoms with van der Waals surface area (Å²) in [6, 6.07) is 7.21. The molecule has 4 rings (SSSR count). The van der Waals surface area contributed by atoms with Crippen molar-refractivity contribution in [3.8, 4) is 11.1 Å². The minimum absolute atomic E-state index is 0.00744. The topological polar surface area (TPSA) is 111 Å². The van der Waals surface area contributed by atoms with Crippen LogP contribution in [-0.2, 0) is 10.9 Å². The zero-order valence-electron chi connectivity index (χ0n) is 21.1. The van der Waals surface area contributed by atoms with Gasteiger partial charge < -0.3 is 9.84 Å². The number of aromatic carboxylic acids is 1. The lowest BCUT2D eigenvalue weighted by Crippen LogP contribution is -2.27. The number of hydrogen-bond donors (Lipinski definition) is 2. The first-order valence-electron chi connectivity index (χ1n) is 11.5. The molecule has 0 radical (unpaired) electrons. The van der Waals surface area contributed by atoms with Crippen molar-refractivity contribution in [3.05, 3.63) is 82.4 Å². The molecule has 0 fully saturated rings. The molecule has 0 aliphatic carbocycles. The third-order valence-corrected chi connectivity index (χ3v) is 5.89. The fourth-order valence-corrected chi connectivity index (χ4v) is 4.20. The Morgan fingerprint density at radius 3 is 2.35 bits per heavy atom. The van der Waals surface area contributed by atoms with Crippen molar-refractivity contribution >= 4 is 46.3 Å². The first-order valence-corrected chi connectivity index (χ1v) is 11.9. The number of amides is 1. The number of aromatic nitrogens is 2. The number of carbonyl (C=O) groups excluding carboxylic acids is 2. The first kappa shape index (κ1) is 28.6. The predicted octanol–water partition coefficient (Wildman–Crippen LogP) is 7.25. The van der Waals surface area contributed by atoms with Gasteiger partial charge in [-0.2, -0.15) is 13.2 Å². The summed E-state index contributed by atoms with van der Waals surface area (Å²) in [4.78, 5) is 41.1. The molecule has 2 N–H and O–H groups in total. The van der Waals surface area contributed by atoms with Crippen molar-refractivity contribution in [3.63, 3.8) is 0 Å². The molecule has 8 nitrogen and oxygen atoms in total. The summed E-state index contributed by atoms with van der Waals surface area (Å²) < 4.78 is 62.4. The number of fused-ring (bicyclic) bond motifs is 1. The number of pyridine rings is 1. The standard InChI is InChI=1S/C27H20ClF4N3O5/c1-26(2,3)40-25(39)34-21-10-15-16(14-8-7-13(24(37)38)9-19(14)29)12-35(20(15)11-33-21)23(36)22-17(27(30,31)32)5-4-6-18(22)28/h4-12H,1-3H3,(H,37,38)(H,33,34,39). The molecule has 2 aromatic heterocycles. The highest BCUT2D eigenvalue weighted by Crippen LogP contribution is 2.38. The molecule has 0 spiro atoms. The van der Waals surface area contributed by atoms with E-state index in [2.05, 4.69) is 10.3 Å². The molecule has 0 bridgehead atoms. The summed E-state index contributed by atoms with van der Waals surface area (Å²) in [5.74, 6) is -3.59. The van der Waals surface area contributed by atoms with E-state index < -0.39 is 51.7 Å². The van der Waals surface area contributed by atoms with E-state index in [4.69, 9.17) is 16.3 Å². The number of carbonyl (C=O) groups is 3. The van der Waals surface area contributed by atoms with Gasteiger partial charge in [0.2, 0.25) is 0 Å².